The fourth-order valence-corrected chi connectivity index (χ4v) is 2.37. The quantitative estimate of drug-likeness (QED) is 0.742. The van der Waals surface area contributed by atoms with Crippen LogP contribution in [-0.4, -0.2) is 25.0 Å². The number of likely N-dealkylation sites (N-methyl/N-ethyl adjacent to an activating group) is 1. The van der Waals surface area contributed by atoms with Gasteiger partial charge < -0.3 is 10.6 Å². The summed E-state index contributed by atoms with van der Waals surface area (Å²) in [5.74, 6) is 1.63. The summed E-state index contributed by atoms with van der Waals surface area (Å²) in [7, 11) is 0. The van der Waals surface area contributed by atoms with E-state index in [9.17, 15) is 4.79 Å². The van der Waals surface area contributed by atoms with E-state index in [-0.39, 0.29) is 11.9 Å². The van der Waals surface area contributed by atoms with E-state index in [1.165, 1.54) is 12.8 Å². The van der Waals surface area contributed by atoms with Crippen molar-refractivity contribution in [3.8, 4) is 0 Å². The molecule has 2 unspecified atom stereocenters. The first kappa shape index (κ1) is 12.5. The van der Waals surface area contributed by atoms with Crippen molar-refractivity contribution in [1.29, 1.82) is 0 Å². The molecule has 1 heterocycles. The summed E-state index contributed by atoms with van der Waals surface area (Å²) in [4.78, 5) is 11.7. The van der Waals surface area contributed by atoms with Crippen molar-refractivity contribution in [3.63, 3.8) is 0 Å². The molecule has 0 saturated carbocycles. The molecule has 0 aromatic carbocycles. The summed E-state index contributed by atoms with van der Waals surface area (Å²) in [6.45, 7) is 8.18. The molecule has 1 aliphatic heterocycles. The van der Waals surface area contributed by atoms with E-state index in [1.54, 1.807) is 0 Å². The first-order chi connectivity index (χ1) is 7.13. The van der Waals surface area contributed by atoms with E-state index < -0.39 is 0 Å². The van der Waals surface area contributed by atoms with Crippen LogP contribution in [0, 0.1) is 11.8 Å². The summed E-state index contributed by atoms with van der Waals surface area (Å²) < 4.78 is 0. The van der Waals surface area contributed by atoms with E-state index >= 15 is 0 Å². The summed E-state index contributed by atoms with van der Waals surface area (Å²) in [5.41, 5.74) is 0. The zero-order valence-corrected chi connectivity index (χ0v) is 10.2. The van der Waals surface area contributed by atoms with Gasteiger partial charge in [0, 0.05) is 6.54 Å². The van der Waals surface area contributed by atoms with Crippen LogP contribution in [0.1, 0.15) is 40.0 Å². The van der Waals surface area contributed by atoms with E-state index in [0.717, 1.165) is 31.3 Å². The van der Waals surface area contributed by atoms with Gasteiger partial charge in [0.25, 0.3) is 0 Å². The average molecular weight is 212 g/mol. The van der Waals surface area contributed by atoms with E-state index in [2.05, 4.69) is 24.5 Å². The molecule has 1 rings (SSSR count). The molecular weight excluding hydrogens is 188 g/mol. The second kappa shape index (κ2) is 6.11. The van der Waals surface area contributed by atoms with Crippen LogP contribution in [0.3, 0.4) is 0 Å². The Morgan fingerprint density at radius 1 is 1.53 bits per heavy atom. The SMILES string of the molecule is CCNC(=O)C1CC(CC(C)C)CCN1. The highest BCUT2D eigenvalue weighted by Crippen LogP contribution is 2.23. The molecule has 2 N–H and O–H groups in total. The molecule has 1 saturated heterocycles. The van der Waals surface area contributed by atoms with Crippen molar-refractivity contribution >= 4 is 5.91 Å². The Morgan fingerprint density at radius 3 is 2.87 bits per heavy atom. The van der Waals surface area contributed by atoms with Crippen molar-refractivity contribution in [3.05, 3.63) is 0 Å². The number of hydrogen-bond donors (Lipinski definition) is 2. The summed E-state index contributed by atoms with van der Waals surface area (Å²) in [5, 5.41) is 6.18. The monoisotopic (exact) mass is 212 g/mol. The fraction of sp³-hybridized carbons (Fsp3) is 0.917. The van der Waals surface area contributed by atoms with Crippen LogP contribution in [0.5, 0.6) is 0 Å². The predicted octanol–water partition coefficient (Wildman–Crippen LogP) is 1.54. The van der Waals surface area contributed by atoms with Crippen LogP contribution >= 0.6 is 0 Å². The smallest absolute Gasteiger partial charge is 0.237 e. The highest BCUT2D eigenvalue weighted by Gasteiger charge is 2.26. The maximum atomic E-state index is 11.7. The van der Waals surface area contributed by atoms with Gasteiger partial charge in [0.1, 0.15) is 0 Å². The molecule has 0 aliphatic carbocycles. The van der Waals surface area contributed by atoms with Gasteiger partial charge in [0.15, 0.2) is 0 Å². The Morgan fingerprint density at radius 2 is 2.27 bits per heavy atom. The molecule has 3 nitrogen and oxygen atoms in total. The minimum Gasteiger partial charge on any atom is -0.355 e. The number of piperidine rings is 1. The molecule has 1 fully saturated rings. The summed E-state index contributed by atoms with van der Waals surface area (Å²) >= 11 is 0. The van der Waals surface area contributed by atoms with Crippen molar-refractivity contribution in [2.75, 3.05) is 13.1 Å². The van der Waals surface area contributed by atoms with Crippen LogP contribution in [0.2, 0.25) is 0 Å². The molecule has 0 radical (unpaired) electrons. The Balaban J connectivity index is 2.38. The zero-order chi connectivity index (χ0) is 11.3. The highest BCUT2D eigenvalue weighted by molar-refractivity contribution is 5.81. The summed E-state index contributed by atoms with van der Waals surface area (Å²) in [6.07, 6.45) is 3.47. The Bertz CT molecular complexity index is 204. The van der Waals surface area contributed by atoms with Crippen molar-refractivity contribution in [1.82, 2.24) is 10.6 Å². The van der Waals surface area contributed by atoms with Crippen molar-refractivity contribution < 1.29 is 4.79 Å². The molecule has 0 spiro atoms. The third-order valence-corrected chi connectivity index (χ3v) is 2.98. The lowest BCUT2D eigenvalue weighted by atomic mass is 9.85. The van der Waals surface area contributed by atoms with Crippen LogP contribution in [0.4, 0.5) is 0 Å². The Labute approximate surface area is 93.0 Å². The number of amides is 1. The molecule has 0 bridgehead atoms. The van der Waals surface area contributed by atoms with Crippen molar-refractivity contribution in [2.45, 2.75) is 46.1 Å². The molecule has 15 heavy (non-hydrogen) atoms. The largest absolute Gasteiger partial charge is 0.355 e. The van der Waals surface area contributed by atoms with Gasteiger partial charge >= 0.3 is 0 Å². The number of carbonyl (C=O) groups excluding carboxylic acids is 1. The van der Waals surface area contributed by atoms with Gasteiger partial charge in [-0.25, -0.2) is 0 Å². The standard InChI is InChI=1S/C12H24N2O/c1-4-13-12(15)11-8-10(5-6-14-11)7-9(2)3/h9-11,14H,4-8H2,1-3H3,(H,13,15). The lowest BCUT2D eigenvalue weighted by molar-refractivity contribution is -0.124. The molecule has 2 atom stereocenters. The number of carbonyl (C=O) groups is 1. The third kappa shape index (κ3) is 4.20. The number of hydrogen-bond acceptors (Lipinski definition) is 2. The predicted molar refractivity (Wildman–Crippen MR) is 62.7 cm³/mol. The summed E-state index contributed by atoms with van der Waals surface area (Å²) in [6, 6.07) is 0.0439. The minimum atomic E-state index is 0.0439. The molecule has 88 valence electrons. The minimum absolute atomic E-state index is 0.0439. The van der Waals surface area contributed by atoms with Gasteiger partial charge in [-0.05, 0) is 44.6 Å². The molecule has 3 heteroatoms. The van der Waals surface area contributed by atoms with Gasteiger partial charge in [-0.1, -0.05) is 13.8 Å². The van der Waals surface area contributed by atoms with Gasteiger partial charge in [-0.15, -0.1) is 0 Å². The number of rotatable bonds is 4. The fourth-order valence-electron chi connectivity index (χ4n) is 2.37. The molecule has 1 aliphatic rings. The van der Waals surface area contributed by atoms with E-state index in [4.69, 9.17) is 0 Å². The first-order valence-electron chi connectivity index (χ1n) is 6.14. The lowest BCUT2D eigenvalue weighted by Crippen LogP contribution is -2.48. The maximum Gasteiger partial charge on any atom is 0.237 e. The molecular formula is C12H24N2O. The first-order valence-corrected chi connectivity index (χ1v) is 6.14. The Hall–Kier alpha value is -0.570. The highest BCUT2D eigenvalue weighted by atomic mass is 16.2. The van der Waals surface area contributed by atoms with E-state index in [0.29, 0.717) is 0 Å². The van der Waals surface area contributed by atoms with Crippen LogP contribution in [-0.2, 0) is 4.79 Å². The second-order valence-electron chi connectivity index (χ2n) is 4.92. The Kier molecular flexibility index (Phi) is 5.09. The lowest BCUT2D eigenvalue weighted by Gasteiger charge is -2.30. The average Bonchev–Trinajstić information content (AvgIpc) is 2.17. The molecule has 1 amide bonds. The molecule has 0 aromatic rings. The maximum absolute atomic E-state index is 11.7. The second-order valence-corrected chi connectivity index (χ2v) is 4.92. The van der Waals surface area contributed by atoms with Gasteiger partial charge in [-0.3, -0.25) is 4.79 Å². The van der Waals surface area contributed by atoms with Crippen LogP contribution < -0.4 is 10.6 Å². The number of nitrogens with one attached hydrogen (secondary N) is 2. The third-order valence-electron chi connectivity index (χ3n) is 2.98. The van der Waals surface area contributed by atoms with Crippen LogP contribution in [0.25, 0.3) is 0 Å². The molecule has 0 aromatic heterocycles. The van der Waals surface area contributed by atoms with E-state index in [1.807, 2.05) is 6.92 Å². The van der Waals surface area contributed by atoms with Gasteiger partial charge in [0.05, 0.1) is 6.04 Å². The topological polar surface area (TPSA) is 41.1 Å². The van der Waals surface area contributed by atoms with Crippen molar-refractivity contribution in [2.24, 2.45) is 11.8 Å². The normalized spacial score (nSPS) is 26.7. The van der Waals surface area contributed by atoms with Crippen LogP contribution in [0.15, 0.2) is 0 Å². The zero-order valence-electron chi connectivity index (χ0n) is 10.2. The van der Waals surface area contributed by atoms with Gasteiger partial charge in [-0.2, -0.15) is 0 Å². The van der Waals surface area contributed by atoms with Gasteiger partial charge in [0.2, 0.25) is 5.91 Å².